The number of rotatable bonds is 1. The molecule has 2 saturated heterocycles. The number of hydrogen-bond donors (Lipinski definition) is 0. The van der Waals surface area contributed by atoms with Crippen LogP contribution in [0.15, 0.2) is 36.4 Å². The lowest BCUT2D eigenvalue weighted by molar-refractivity contribution is -0.126. The van der Waals surface area contributed by atoms with Gasteiger partial charge in [0.05, 0.1) is 29.2 Å². The Bertz CT molecular complexity index is 665. The molecule has 2 bridgehead atoms. The number of amides is 2. The second kappa shape index (κ2) is 3.58. The first-order valence-corrected chi connectivity index (χ1v) is 6.83. The van der Waals surface area contributed by atoms with Gasteiger partial charge in [0.25, 0.3) is 0 Å². The molecule has 2 fully saturated rings. The molecule has 4 nitrogen and oxygen atoms in total. The Morgan fingerprint density at radius 3 is 2.65 bits per heavy atom. The smallest absolute Gasteiger partial charge is 0.241 e. The van der Waals surface area contributed by atoms with Gasteiger partial charge in [-0.3, -0.25) is 9.59 Å². The quantitative estimate of drug-likeness (QED) is 0.577. The molecule has 0 unspecified atom stereocenters. The molecule has 0 spiro atoms. The molecule has 0 radical (unpaired) electrons. The second-order valence-corrected chi connectivity index (χ2v) is 5.93. The average molecular weight is 269 g/mol. The summed E-state index contributed by atoms with van der Waals surface area (Å²) in [5.41, 5.74) is 1.000. The number of ether oxygens (including phenoxy) is 1. The molecule has 0 N–H and O–H groups in total. The number of imide groups is 1. The number of fused-ring (bicyclic) bond motifs is 5. The summed E-state index contributed by atoms with van der Waals surface area (Å²) >= 11 is 0. The highest BCUT2D eigenvalue weighted by atomic mass is 16.5. The lowest BCUT2D eigenvalue weighted by atomic mass is 9.78. The van der Waals surface area contributed by atoms with Gasteiger partial charge >= 0.3 is 0 Å². The fraction of sp³-hybridized carbons (Fsp3) is 0.375. The van der Waals surface area contributed by atoms with Crippen molar-refractivity contribution in [2.24, 2.45) is 11.8 Å². The predicted molar refractivity (Wildman–Crippen MR) is 73.1 cm³/mol. The summed E-state index contributed by atoms with van der Waals surface area (Å²) in [5.74, 6) is -1.02. The Morgan fingerprint density at radius 1 is 1.20 bits per heavy atom. The molecule has 1 aromatic carbocycles. The van der Waals surface area contributed by atoms with E-state index < -0.39 is 5.60 Å². The molecule has 0 aliphatic carbocycles. The maximum absolute atomic E-state index is 12.7. The third-order valence-corrected chi connectivity index (χ3v) is 4.69. The zero-order chi connectivity index (χ0) is 14.1. The van der Waals surface area contributed by atoms with Gasteiger partial charge in [-0.15, -0.1) is 0 Å². The van der Waals surface area contributed by atoms with Gasteiger partial charge in [-0.25, -0.2) is 4.90 Å². The van der Waals surface area contributed by atoms with E-state index in [0.717, 1.165) is 5.56 Å². The third kappa shape index (κ3) is 1.25. The zero-order valence-electron chi connectivity index (χ0n) is 11.4. The van der Waals surface area contributed by atoms with Crippen molar-refractivity contribution in [3.05, 3.63) is 42.0 Å². The second-order valence-electron chi connectivity index (χ2n) is 5.93. The van der Waals surface area contributed by atoms with E-state index in [-0.39, 0.29) is 29.8 Å². The molecule has 1 aromatic rings. The third-order valence-electron chi connectivity index (χ3n) is 4.69. The van der Waals surface area contributed by atoms with Gasteiger partial charge in [0.15, 0.2) is 0 Å². The van der Waals surface area contributed by atoms with Crippen LogP contribution in [-0.2, 0) is 14.3 Å². The summed E-state index contributed by atoms with van der Waals surface area (Å²) < 4.78 is 5.80. The van der Waals surface area contributed by atoms with Crippen molar-refractivity contribution < 1.29 is 14.3 Å². The Hall–Kier alpha value is -1.94. The molecule has 0 saturated carbocycles. The summed E-state index contributed by atoms with van der Waals surface area (Å²) in [6.45, 7) is 3.80. The van der Waals surface area contributed by atoms with Crippen LogP contribution in [-0.4, -0.2) is 23.5 Å². The van der Waals surface area contributed by atoms with Crippen LogP contribution < -0.4 is 4.90 Å². The van der Waals surface area contributed by atoms with E-state index in [2.05, 4.69) is 0 Å². The number of aryl methyl sites for hydroxylation is 1. The number of para-hydroxylation sites is 1. The maximum atomic E-state index is 12.7. The normalized spacial score (nSPS) is 37.9. The molecule has 3 aliphatic rings. The maximum Gasteiger partial charge on any atom is 0.241 e. The topological polar surface area (TPSA) is 46.6 Å². The van der Waals surface area contributed by atoms with Gasteiger partial charge in [-0.1, -0.05) is 30.4 Å². The molecular formula is C16H15NO3. The first-order valence-electron chi connectivity index (χ1n) is 6.83. The summed E-state index contributed by atoms with van der Waals surface area (Å²) in [7, 11) is 0. The minimum absolute atomic E-state index is 0.132. The zero-order valence-corrected chi connectivity index (χ0v) is 11.4. The van der Waals surface area contributed by atoms with E-state index in [4.69, 9.17) is 4.74 Å². The standard InChI is InChI=1S/C16H15NO3/c1-9-5-3-4-6-10(9)17-14(18)12-11-7-8-16(2,20-11)13(12)15(17)19/h3-8,11-13H,1-2H3/t11-,12-,13+,16-/m1/s1. The number of benzene rings is 1. The van der Waals surface area contributed by atoms with Gasteiger partial charge in [0.1, 0.15) is 0 Å². The van der Waals surface area contributed by atoms with Crippen LogP contribution in [0, 0.1) is 18.8 Å². The lowest BCUT2D eigenvalue weighted by Gasteiger charge is -2.24. The highest BCUT2D eigenvalue weighted by Gasteiger charge is 2.66. The van der Waals surface area contributed by atoms with E-state index in [9.17, 15) is 9.59 Å². The Balaban J connectivity index is 1.82. The van der Waals surface area contributed by atoms with E-state index in [1.807, 2.05) is 50.3 Å². The van der Waals surface area contributed by atoms with Gasteiger partial charge in [-0.2, -0.15) is 0 Å². The molecule has 102 valence electrons. The fourth-order valence-corrected chi connectivity index (χ4v) is 3.70. The van der Waals surface area contributed by atoms with Crippen LogP contribution in [0.5, 0.6) is 0 Å². The van der Waals surface area contributed by atoms with Crippen LogP contribution in [0.3, 0.4) is 0 Å². The summed E-state index contributed by atoms with van der Waals surface area (Å²) in [5, 5.41) is 0. The highest BCUT2D eigenvalue weighted by molar-refractivity contribution is 6.23. The van der Waals surface area contributed by atoms with E-state index in [1.165, 1.54) is 4.90 Å². The van der Waals surface area contributed by atoms with Gasteiger partial charge in [0.2, 0.25) is 11.8 Å². The lowest BCUT2D eigenvalue weighted by Crippen LogP contribution is -2.38. The monoisotopic (exact) mass is 269 g/mol. The molecule has 4 heteroatoms. The number of anilines is 1. The van der Waals surface area contributed by atoms with Crippen molar-refractivity contribution in [2.45, 2.75) is 25.6 Å². The molecule has 4 rings (SSSR count). The molecule has 0 aromatic heterocycles. The number of hydrogen-bond acceptors (Lipinski definition) is 3. The van der Waals surface area contributed by atoms with Crippen LogP contribution in [0.25, 0.3) is 0 Å². The fourth-order valence-electron chi connectivity index (χ4n) is 3.70. The number of carbonyl (C=O) groups is 2. The van der Waals surface area contributed by atoms with E-state index in [0.29, 0.717) is 5.69 Å². The predicted octanol–water partition coefficient (Wildman–Crippen LogP) is 1.83. The Morgan fingerprint density at radius 2 is 1.95 bits per heavy atom. The van der Waals surface area contributed by atoms with Crippen LogP contribution >= 0.6 is 0 Å². The first-order chi connectivity index (χ1) is 9.53. The van der Waals surface area contributed by atoms with Gasteiger partial charge in [-0.05, 0) is 25.5 Å². The van der Waals surface area contributed by atoms with Crippen molar-refractivity contribution in [1.82, 2.24) is 0 Å². The summed E-state index contributed by atoms with van der Waals surface area (Å²) in [6, 6.07) is 7.49. The van der Waals surface area contributed by atoms with Crippen molar-refractivity contribution >= 4 is 17.5 Å². The number of nitrogens with zero attached hydrogens (tertiary/aromatic N) is 1. The minimum atomic E-state index is -0.625. The van der Waals surface area contributed by atoms with Crippen molar-refractivity contribution in [1.29, 1.82) is 0 Å². The molecule has 3 heterocycles. The van der Waals surface area contributed by atoms with Crippen LogP contribution in [0.4, 0.5) is 5.69 Å². The largest absolute Gasteiger partial charge is 0.362 e. The van der Waals surface area contributed by atoms with Crippen molar-refractivity contribution in [2.75, 3.05) is 4.90 Å². The molecule has 20 heavy (non-hydrogen) atoms. The van der Waals surface area contributed by atoms with Gasteiger partial charge in [0, 0.05) is 0 Å². The SMILES string of the molecule is Cc1ccccc1N1C(=O)[C@H]2[C@@H](C1=O)[C@@]1(C)C=C[C@H]2O1. The van der Waals surface area contributed by atoms with Gasteiger partial charge < -0.3 is 4.74 Å². The van der Waals surface area contributed by atoms with E-state index in [1.54, 1.807) is 0 Å². The highest BCUT2D eigenvalue weighted by Crippen LogP contribution is 2.52. The van der Waals surface area contributed by atoms with Crippen molar-refractivity contribution in [3.63, 3.8) is 0 Å². The van der Waals surface area contributed by atoms with E-state index >= 15 is 0 Å². The molecular weight excluding hydrogens is 254 g/mol. The summed E-state index contributed by atoms with van der Waals surface area (Å²) in [4.78, 5) is 26.8. The Kier molecular flexibility index (Phi) is 2.12. The summed E-state index contributed by atoms with van der Waals surface area (Å²) in [6.07, 6.45) is 3.58. The first kappa shape index (κ1) is 11.9. The molecule has 3 aliphatic heterocycles. The molecule has 4 atom stereocenters. The Labute approximate surface area is 117 Å². The van der Waals surface area contributed by atoms with Crippen LogP contribution in [0.1, 0.15) is 12.5 Å². The average Bonchev–Trinajstić information content (AvgIpc) is 3.01. The van der Waals surface area contributed by atoms with Crippen LogP contribution in [0.2, 0.25) is 0 Å². The van der Waals surface area contributed by atoms with Crippen molar-refractivity contribution in [3.8, 4) is 0 Å². The number of carbonyl (C=O) groups excluding carboxylic acids is 2. The molecule has 2 amide bonds. The minimum Gasteiger partial charge on any atom is -0.362 e.